The minimum Gasteiger partial charge on any atom is -0.482 e. The molecule has 6 heteroatoms. The van der Waals surface area contributed by atoms with Crippen LogP contribution in [0.4, 0.5) is 5.69 Å². The Bertz CT molecular complexity index is 417. The second kappa shape index (κ2) is 5.01. The van der Waals surface area contributed by atoms with Gasteiger partial charge in [0, 0.05) is 7.05 Å². The van der Waals surface area contributed by atoms with Crippen LogP contribution in [0, 0.1) is 0 Å². The lowest BCUT2D eigenvalue weighted by atomic mass is 10.2. The number of rotatable bonds is 4. The molecule has 0 heterocycles. The summed E-state index contributed by atoms with van der Waals surface area (Å²) in [5.41, 5.74) is 5.82. The van der Waals surface area contributed by atoms with Gasteiger partial charge in [-0.1, -0.05) is 0 Å². The minimum absolute atomic E-state index is 0.0739. The van der Waals surface area contributed by atoms with Crippen molar-refractivity contribution in [2.24, 2.45) is 0 Å². The number of benzene rings is 1. The Morgan fingerprint density at radius 3 is 2.69 bits per heavy atom. The quantitative estimate of drug-likeness (QED) is 0.629. The lowest BCUT2D eigenvalue weighted by Gasteiger charge is -2.08. The summed E-state index contributed by atoms with van der Waals surface area (Å²) >= 11 is 0. The predicted molar refractivity (Wildman–Crippen MR) is 57.4 cm³/mol. The maximum Gasteiger partial charge on any atom is 0.335 e. The van der Waals surface area contributed by atoms with Crippen LogP contribution in [0.3, 0.4) is 0 Å². The molecular weight excluding hydrogens is 212 g/mol. The van der Waals surface area contributed by atoms with Crippen LogP contribution in [0.25, 0.3) is 0 Å². The fraction of sp³-hybridized carbons (Fsp3) is 0.200. The van der Waals surface area contributed by atoms with Gasteiger partial charge in [-0.2, -0.15) is 0 Å². The maximum atomic E-state index is 10.9. The first kappa shape index (κ1) is 11.8. The molecule has 1 aromatic rings. The highest BCUT2D eigenvalue weighted by Gasteiger charge is 2.08. The van der Waals surface area contributed by atoms with Crippen LogP contribution < -0.4 is 15.8 Å². The predicted octanol–water partition coefficient (Wildman–Crippen LogP) is 0.0918. The number of carbonyl (C=O) groups excluding carboxylic acids is 1. The first-order chi connectivity index (χ1) is 7.54. The lowest BCUT2D eigenvalue weighted by molar-refractivity contribution is -0.122. The van der Waals surface area contributed by atoms with E-state index in [9.17, 15) is 9.59 Å². The highest BCUT2D eigenvalue weighted by Crippen LogP contribution is 2.22. The summed E-state index contributed by atoms with van der Waals surface area (Å²) in [6.07, 6.45) is 0. The normalized spacial score (nSPS) is 9.56. The first-order valence-electron chi connectivity index (χ1n) is 4.50. The molecule has 4 N–H and O–H groups in total. The number of nitrogens with two attached hydrogens (primary N) is 1. The van der Waals surface area contributed by atoms with Crippen molar-refractivity contribution in [2.75, 3.05) is 19.4 Å². The van der Waals surface area contributed by atoms with Gasteiger partial charge in [-0.05, 0) is 18.2 Å². The van der Waals surface area contributed by atoms with Crippen molar-refractivity contribution >= 4 is 17.6 Å². The second-order valence-corrected chi connectivity index (χ2v) is 3.02. The number of hydrogen-bond donors (Lipinski definition) is 3. The summed E-state index contributed by atoms with van der Waals surface area (Å²) in [7, 11) is 1.49. The fourth-order valence-electron chi connectivity index (χ4n) is 1.03. The molecule has 0 aliphatic carbocycles. The van der Waals surface area contributed by atoms with E-state index in [0.717, 1.165) is 0 Å². The van der Waals surface area contributed by atoms with Gasteiger partial charge in [0.05, 0.1) is 11.3 Å². The Hall–Kier alpha value is -2.24. The van der Waals surface area contributed by atoms with Crippen LogP contribution >= 0.6 is 0 Å². The summed E-state index contributed by atoms with van der Waals surface area (Å²) in [6.45, 7) is -0.160. The zero-order valence-electron chi connectivity index (χ0n) is 8.69. The third kappa shape index (κ3) is 2.88. The number of nitrogen functional groups attached to an aromatic ring is 1. The first-order valence-corrected chi connectivity index (χ1v) is 4.50. The van der Waals surface area contributed by atoms with E-state index in [0.29, 0.717) is 0 Å². The van der Waals surface area contributed by atoms with Crippen LogP contribution in [0.1, 0.15) is 10.4 Å². The number of aromatic carboxylic acids is 1. The second-order valence-electron chi connectivity index (χ2n) is 3.02. The van der Waals surface area contributed by atoms with Crippen LogP contribution in [0.5, 0.6) is 5.75 Å². The lowest BCUT2D eigenvalue weighted by Crippen LogP contribution is -2.25. The number of carboxylic acid groups (broad SMARTS) is 1. The largest absolute Gasteiger partial charge is 0.482 e. The van der Waals surface area contributed by atoms with E-state index in [1.54, 1.807) is 0 Å². The van der Waals surface area contributed by atoms with Crippen LogP contribution in [-0.2, 0) is 4.79 Å². The van der Waals surface area contributed by atoms with Crippen molar-refractivity contribution in [3.63, 3.8) is 0 Å². The van der Waals surface area contributed by atoms with E-state index < -0.39 is 5.97 Å². The highest BCUT2D eigenvalue weighted by atomic mass is 16.5. The molecule has 0 aromatic heterocycles. The number of ether oxygens (including phenoxy) is 1. The number of anilines is 1. The van der Waals surface area contributed by atoms with Gasteiger partial charge in [-0.25, -0.2) is 4.79 Å². The molecule has 16 heavy (non-hydrogen) atoms. The van der Waals surface area contributed by atoms with E-state index in [-0.39, 0.29) is 29.5 Å². The standard InChI is InChI=1S/C10H12N2O4/c1-12-9(13)5-16-8-3-2-6(10(14)15)4-7(8)11/h2-4H,5,11H2,1H3,(H,12,13)(H,14,15). The number of carboxylic acids is 1. The Kier molecular flexibility index (Phi) is 3.71. The Balaban J connectivity index is 2.75. The number of carbonyl (C=O) groups is 2. The van der Waals surface area contributed by atoms with Crippen LogP contribution in [0.2, 0.25) is 0 Å². The van der Waals surface area contributed by atoms with E-state index in [2.05, 4.69) is 5.32 Å². The Morgan fingerprint density at radius 2 is 2.19 bits per heavy atom. The van der Waals surface area contributed by atoms with Crippen molar-refractivity contribution < 1.29 is 19.4 Å². The van der Waals surface area contributed by atoms with E-state index in [4.69, 9.17) is 15.6 Å². The average Bonchev–Trinajstić information content (AvgIpc) is 2.26. The molecular formula is C10H12N2O4. The van der Waals surface area contributed by atoms with Crippen molar-refractivity contribution in [1.82, 2.24) is 5.32 Å². The molecule has 0 unspecified atom stereocenters. The molecule has 0 spiro atoms. The molecule has 86 valence electrons. The SMILES string of the molecule is CNC(=O)COc1ccc(C(=O)O)cc1N. The monoisotopic (exact) mass is 224 g/mol. The topological polar surface area (TPSA) is 102 Å². The van der Waals surface area contributed by atoms with Gasteiger partial charge in [0.1, 0.15) is 5.75 Å². The van der Waals surface area contributed by atoms with E-state index in [1.165, 1.54) is 25.2 Å². The Morgan fingerprint density at radius 1 is 1.50 bits per heavy atom. The molecule has 0 fully saturated rings. The molecule has 1 aromatic carbocycles. The Labute approximate surface area is 92.0 Å². The number of likely N-dealkylation sites (N-methyl/N-ethyl adjacent to an activating group) is 1. The summed E-state index contributed by atoms with van der Waals surface area (Å²) in [5, 5.41) is 11.1. The summed E-state index contributed by atoms with van der Waals surface area (Å²) < 4.78 is 5.09. The van der Waals surface area contributed by atoms with Gasteiger partial charge in [-0.3, -0.25) is 4.79 Å². The van der Waals surface area contributed by atoms with Gasteiger partial charge < -0.3 is 20.9 Å². The molecule has 0 atom stereocenters. The number of amides is 1. The molecule has 0 radical (unpaired) electrons. The molecule has 6 nitrogen and oxygen atoms in total. The number of hydrogen-bond acceptors (Lipinski definition) is 4. The summed E-state index contributed by atoms with van der Waals surface area (Å²) in [6, 6.07) is 4.06. The van der Waals surface area contributed by atoms with E-state index in [1.807, 2.05) is 0 Å². The molecule has 0 aliphatic heterocycles. The van der Waals surface area contributed by atoms with Crippen LogP contribution in [0.15, 0.2) is 18.2 Å². The van der Waals surface area contributed by atoms with Gasteiger partial charge in [0.2, 0.25) is 0 Å². The minimum atomic E-state index is -1.07. The molecule has 0 saturated heterocycles. The third-order valence-electron chi connectivity index (χ3n) is 1.89. The third-order valence-corrected chi connectivity index (χ3v) is 1.89. The van der Waals surface area contributed by atoms with Crippen molar-refractivity contribution in [3.8, 4) is 5.75 Å². The molecule has 1 amide bonds. The maximum absolute atomic E-state index is 10.9. The summed E-state index contributed by atoms with van der Waals surface area (Å²) in [5.74, 6) is -1.07. The highest BCUT2D eigenvalue weighted by molar-refractivity contribution is 5.89. The van der Waals surface area contributed by atoms with Gasteiger partial charge in [0.25, 0.3) is 5.91 Å². The summed E-state index contributed by atoms with van der Waals surface area (Å²) in [4.78, 5) is 21.5. The van der Waals surface area contributed by atoms with Crippen molar-refractivity contribution in [3.05, 3.63) is 23.8 Å². The zero-order chi connectivity index (χ0) is 12.1. The average molecular weight is 224 g/mol. The fourth-order valence-corrected chi connectivity index (χ4v) is 1.03. The molecule has 0 bridgehead atoms. The van der Waals surface area contributed by atoms with Crippen LogP contribution in [-0.4, -0.2) is 30.6 Å². The van der Waals surface area contributed by atoms with Crippen molar-refractivity contribution in [1.29, 1.82) is 0 Å². The van der Waals surface area contributed by atoms with E-state index >= 15 is 0 Å². The molecule has 0 saturated carbocycles. The van der Waals surface area contributed by atoms with Crippen molar-refractivity contribution in [2.45, 2.75) is 0 Å². The smallest absolute Gasteiger partial charge is 0.335 e. The molecule has 0 aliphatic rings. The zero-order valence-corrected chi connectivity index (χ0v) is 8.69. The van der Waals surface area contributed by atoms with Gasteiger partial charge >= 0.3 is 5.97 Å². The number of nitrogens with one attached hydrogen (secondary N) is 1. The van der Waals surface area contributed by atoms with Gasteiger partial charge in [-0.15, -0.1) is 0 Å². The molecule has 1 rings (SSSR count). The van der Waals surface area contributed by atoms with Gasteiger partial charge in [0.15, 0.2) is 6.61 Å².